The number of imidazole rings is 1. The molecule has 0 saturated heterocycles. The Labute approximate surface area is 101 Å². The van der Waals surface area contributed by atoms with Crippen molar-refractivity contribution in [2.24, 2.45) is 0 Å². The first kappa shape index (κ1) is 10.3. The van der Waals surface area contributed by atoms with Crippen LogP contribution in [0.1, 0.15) is 26.3 Å². The lowest BCUT2D eigenvalue weighted by atomic mass is 9.84. The fraction of sp³-hybridized carbons (Fsp3) is 0.267. The second kappa shape index (κ2) is 3.33. The average molecular weight is 224 g/mol. The largest absolute Gasteiger partial charge is 0.307 e. The average Bonchev–Trinajstić information content (AvgIpc) is 2.75. The molecule has 0 unspecified atom stereocenters. The van der Waals surface area contributed by atoms with Crippen LogP contribution in [0.25, 0.3) is 16.4 Å². The second-order valence-electron chi connectivity index (χ2n) is 5.49. The highest BCUT2D eigenvalue weighted by molar-refractivity contribution is 5.96. The normalized spacial score (nSPS) is 12.4. The number of pyridine rings is 1. The van der Waals surface area contributed by atoms with E-state index >= 15 is 0 Å². The van der Waals surface area contributed by atoms with Gasteiger partial charge in [0.1, 0.15) is 5.65 Å². The molecule has 2 aromatic heterocycles. The summed E-state index contributed by atoms with van der Waals surface area (Å²) in [6, 6.07) is 8.66. The van der Waals surface area contributed by atoms with E-state index in [2.05, 4.69) is 60.6 Å². The molecule has 0 saturated carbocycles. The molecule has 0 aliphatic carbocycles. The minimum Gasteiger partial charge on any atom is -0.307 e. The zero-order valence-corrected chi connectivity index (χ0v) is 10.4. The summed E-state index contributed by atoms with van der Waals surface area (Å²) in [5.74, 6) is 0. The minimum atomic E-state index is 0.157. The van der Waals surface area contributed by atoms with Gasteiger partial charge in [-0.2, -0.15) is 0 Å². The fourth-order valence-electron chi connectivity index (χ4n) is 2.39. The third-order valence-electron chi connectivity index (χ3n) is 3.23. The van der Waals surface area contributed by atoms with Crippen LogP contribution < -0.4 is 0 Å². The van der Waals surface area contributed by atoms with Crippen LogP contribution in [0.2, 0.25) is 0 Å². The van der Waals surface area contributed by atoms with E-state index in [0.29, 0.717) is 0 Å². The first-order valence-electron chi connectivity index (χ1n) is 5.92. The van der Waals surface area contributed by atoms with Crippen molar-refractivity contribution in [3.63, 3.8) is 0 Å². The molecule has 0 spiro atoms. The highest BCUT2D eigenvalue weighted by Gasteiger charge is 2.17. The van der Waals surface area contributed by atoms with E-state index in [1.54, 1.807) is 0 Å². The summed E-state index contributed by atoms with van der Waals surface area (Å²) in [5.41, 5.74) is 2.57. The Bertz CT molecular complexity index is 687. The monoisotopic (exact) mass is 224 g/mol. The van der Waals surface area contributed by atoms with Gasteiger partial charge in [-0.25, -0.2) is 4.98 Å². The SMILES string of the molecule is CC(C)(C)c1cccc2c1ccn1ccnc21. The molecule has 0 aliphatic heterocycles. The molecule has 0 amide bonds. The maximum atomic E-state index is 4.43. The summed E-state index contributed by atoms with van der Waals surface area (Å²) in [6.07, 6.45) is 5.91. The number of hydrogen-bond acceptors (Lipinski definition) is 1. The van der Waals surface area contributed by atoms with Gasteiger partial charge in [0.15, 0.2) is 0 Å². The minimum absolute atomic E-state index is 0.157. The molecule has 86 valence electrons. The van der Waals surface area contributed by atoms with Gasteiger partial charge in [-0.05, 0) is 22.4 Å². The predicted molar refractivity (Wildman–Crippen MR) is 71.4 cm³/mol. The van der Waals surface area contributed by atoms with Crippen molar-refractivity contribution in [1.82, 2.24) is 9.38 Å². The lowest BCUT2D eigenvalue weighted by molar-refractivity contribution is 0.596. The summed E-state index contributed by atoms with van der Waals surface area (Å²) in [6.45, 7) is 6.74. The molecule has 2 heteroatoms. The second-order valence-corrected chi connectivity index (χ2v) is 5.49. The van der Waals surface area contributed by atoms with E-state index < -0.39 is 0 Å². The predicted octanol–water partition coefficient (Wildman–Crippen LogP) is 3.79. The van der Waals surface area contributed by atoms with Crippen LogP contribution in [0.15, 0.2) is 42.9 Å². The Kier molecular flexibility index (Phi) is 2.02. The van der Waals surface area contributed by atoms with E-state index in [0.717, 1.165) is 5.65 Å². The van der Waals surface area contributed by atoms with Crippen LogP contribution in [-0.2, 0) is 5.41 Å². The highest BCUT2D eigenvalue weighted by Crippen LogP contribution is 2.31. The molecule has 0 bridgehead atoms. The highest BCUT2D eigenvalue weighted by atomic mass is 15.0. The summed E-state index contributed by atoms with van der Waals surface area (Å²) in [7, 11) is 0. The van der Waals surface area contributed by atoms with Crippen LogP contribution in [0, 0.1) is 0 Å². The fourth-order valence-corrected chi connectivity index (χ4v) is 2.39. The third kappa shape index (κ3) is 1.52. The standard InChI is InChI=1S/C15H16N2/c1-15(2,3)13-6-4-5-12-11(13)7-9-17-10-8-16-14(12)17/h4-10H,1-3H3. The van der Waals surface area contributed by atoms with Crippen LogP contribution in [-0.4, -0.2) is 9.38 Å². The van der Waals surface area contributed by atoms with Crippen molar-refractivity contribution in [3.8, 4) is 0 Å². The number of rotatable bonds is 0. The number of nitrogens with zero attached hydrogens (tertiary/aromatic N) is 2. The zero-order chi connectivity index (χ0) is 12.0. The molecule has 0 fully saturated rings. The van der Waals surface area contributed by atoms with E-state index in [-0.39, 0.29) is 5.41 Å². The molecule has 0 atom stereocenters. The molecular formula is C15H16N2. The molecule has 2 heterocycles. The van der Waals surface area contributed by atoms with E-state index in [4.69, 9.17) is 0 Å². The van der Waals surface area contributed by atoms with Crippen molar-refractivity contribution in [1.29, 1.82) is 0 Å². The van der Waals surface area contributed by atoms with Gasteiger partial charge in [-0.1, -0.05) is 39.0 Å². The summed E-state index contributed by atoms with van der Waals surface area (Å²) in [4.78, 5) is 4.43. The van der Waals surface area contributed by atoms with Gasteiger partial charge in [0.05, 0.1) is 0 Å². The van der Waals surface area contributed by atoms with Crippen molar-refractivity contribution >= 4 is 16.4 Å². The van der Waals surface area contributed by atoms with Crippen LogP contribution in [0.4, 0.5) is 0 Å². The lowest BCUT2D eigenvalue weighted by Crippen LogP contribution is -2.11. The number of benzene rings is 1. The molecule has 0 radical (unpaired) electrons. The number of fused-ring (bicyclic) bond motifs is 3. The van der Waals surface area contributed by atoms with Crippen molar-refractivity contribution in [2.45, 2.75) is 26.2 Å². The Balaban J connectivity index is 2.48. The zero-order valence-electron chi connectivity index (χ0n) is 10.4. The van der Waals surface area contributed by atoms with Gasteiger partial charge in [0.2, 0.25) is 0 Å². The van der Waals surface area contributed by atoms with Crippen LogP contribution in [0.5, 0.6) is 0 Å². The lowest BCUT2D eigenvalue weighted by Gasteiger charge is -2.21. The van der Waals surface area contributed by atoms with Crippen LogP contribution >= 0.6 is 0 Å². The van der Waals surface area contributed by atoms with Gasteiger partial charge in [-0.15, -0.1) is 0 Å². The van der Waals surface area contributed by atoms with E-state index in [1.165, 1.54) is 16.3 Å². The molecule has 2 nitrogen and oxygen atoms in total. The summed E-state index contributed by atoms with van der Waals surface area (Å²) >= 11 is 0. The topological polar surface area (TPSA) is 17.3 Å². The van der Waals surface area contributed by atoms with Crippen molar-refractivity contribution < 1.29 is 0 Å². The summed E-state index contributed by atoms with van der Waals surface area (Å²) in [5, 5.41) is 2.53. The van der Waals surface area contributed by atoms with Gasteiger partial charge in [0, 0.05) is 24.0 Å². The quantitative estimate of drug-likeness (QED) is 0.568. The number of hydrogen-bond donors (Lipinski definition) is 0. The number of aromatic nitrogens is 2. The maximum Gasteiger partial charge on any atom is 0.144 e. The van der Waals surface area contributed by atoms with Gasteiger partial charge < -0.3 is 4.40 Å². The Morgan fingerprint density at radius 1 is 1.00 bits per heavy atom. The van der Waals surface area contributed by atoms with E-state index in [1.807, 2.05) is 12.4 Å². The first-order chi connectivity index (χ1) is 8.07. The smallest absolute Gasteiger partial charge is 0.144 e. The van der Waals surface area contributed by atoms with Crippen LogP contribution in [0.3, 0.4) is 0 Å². The maximum absolute atomic E-state index is 4.43. The van der Waals surface area contributed by atoms with E-state index in [9.17, 15) is 0 Å². The summed E-state index contributed by atoms with van der Waals surface area (Å²) < 4.78 is 2.06. The van der Waals surface area contributed by atoms with Gasteiger partial charge >= 0.3 is 0 Å². The molecular weight excluding hydrogens is 208 g/mol. The molecule has 3 rings (SSSR count). The Morgan fingerprint density at radius 2 is 1.82 bits per heavy atom. The molecule has 3 aromatic rings. The Hall–Kier alpha value is -1.83. The molecule has 0 aliphatic rings. The van der Waals surface area contributed by atoms with Gasteiger partial charge in [-0.3, -0.25) is 0 Å². The Morgan fingerprint density at radius 3 is 2.59 bits per heavy atom. The molecule has 0 N–H and O–H groups in total. The van der Waals surface area contributed by atoms with Crippen molar-refractivity contribution in [2.75, 3.05) is 0 Å². The first-order valence-corrected chi connectivity index (χ1v) is 5.92. The molecule has 17 heavy (non-hydrogen) atoms. The van der Waals surface area contributed by atoms with Crippen molar-refractivity contribution in [3.05, 3.63) is 48.4 Å². The third-order valence-corrected chi connectivity index (χ3v) is 3.23. The molecule has 1 aromatic carbocycles. The van der Waals surface area contributed by atoms with Gasteiger partial charge in [0.25, 0.3) is 0 Å².